The number of rotatable bonds is 6. The van der Waals surface area contributed by atoms with E-state index in [2.05, 4.69) is 61.3 Å². The van der Waals surface area contributed by atoms with E-state index in [0.29, 0.717) is 37.9 Å². The Labute approximate surface area is 245 Å². The quantitative estimate of drug-likeness (QED) is 0.362. The van der Waals surface area contributed by atoms with E-state index in [4.69, 9.17) is 15.7 Å². The third-order valence-electron chi connectivity index (χ3n) is 8.53. The van der Waals surface area contributed by atoms with Crippen LogP contribution in [0.25, 0.3) is 22.3 Å². The normalized spacial score (nSPS) is 18.0. The van der Waals surface area contributed by atoms with Gasteiger partial charge in [0.2, 0.25) is 0 Å². The zero-order chi connectivity index (χ0) is 28.6. The first-order chi connectivity index (χ1) is 20.5. The molecule has 2 amide bonds. The van der Waals surface area contributed by atoms with E-state index >= 15 is 0 Å². The minimum Gasteiger partial charge on any atom is -0.369 e. The molecule has 11 nitrogen and oxygen atoms in total. The van der Waals surface area contributed by atoms with Gasteiger partial charge in [0.15, 0.2) is 5.82 Å². The topological polar surface area (TPSA) is 120 Å². The Bertz CT molecular complexity index is 1610. The molecule has 3 aromatic heterocycles. The molecule has 0 unspecified atom stereocenters. The van der Waals surface area contributed by atoms with Crippen molar-refractivity contribution in [1.29, 1.82) is 0 Å². The molecule has 2 saturated heterocycles. The average Bonchev–Trinajstić information content (AvgIpc) is 3.87. The number of piperazine rings is 2. The lowest BCUT2D eigenvalue weighted by Gasteiger charge is -2.35. The fourth-order valence-corrected chi connectivity index (χ4v) is 5.92. The van der Waals surface area contributed by atoms with Crippen LogP contribution in [0.5, 0.6) is 0 Å². The first-order valence-corrected chi connectivity index (χ1v) is 14.7. The van der Waals surface area contributed by atoms with E-state index in [0.717, 1.165) is 72.8 Å². The van der Waals surface area contributed by atoms with Gasteiger partial charge in [-0.3, -0.25) is 4.98 Å². The predicted octanol–water partition coefficient (Wildman–Crippen LogP) is 3.66. The molecular formula is C31H36N10O. The number of anilines is 4. The lowest BCUT2D eigenvalue weighted by Crippen LogP contribution is -2.50. The van der Waals surface area contributed by atoms with Gasteiger partial charge in [-0.2, -0.15) is 0 Å². The molecule has 216 valence electrons. The number of likely N-dealkylation sites (N-methyl/N-ethyl adjacent to an activating group) is 1. The average molecular weight is 565 g/mol. The Kier molecular flexibility index (Phi) is 6.94. The zero-order valence-corrected chi connectivity index (χ0v) is 23.9. The van der Waals surface area contributed by atoms with Crippen LogP contribution in [0.4, 0.5) is 27.8 Å². The van der Waals surface area contributed by atoms with Gasteiger partial charge in [0.1, 0.15) is 11.6 Å². The molecule has 1 aromatic carbocycles. The Balaban J connectivity index is 1.20. The maximum Gasteiger partial charge on any atom is 0.314 e. The van der Waals surface area contributed by atoms with Crippen LogP contribution in [0.15, 0.2) is 55.0 Å². The molecule has 5 heterocycles. The van der Waals surface area contributed by atoms with Crippen LogP contribution >= 0.6 is 0 Å². The number of benzene rings is 1. The summed E-state index contributed by atoms with van der Waals surface area (Å²) in [6.45, 7) is 6.62. The van der Waals surface area contributed by atoms with Crippen molar-refractivity contribution in [1.82, 2.24) is 29.7 Å². The SMILES string of the molecule is CN1CCN(c2cccc(Nc3cc(-c4nc(N5CCN(C(N)=O)CC5)c5c(C6CC6)cncc5n4)ccn3)c2)CC1. The van der Waals surface area contributed by atoms with Gasteiger partial charge >= 0.3 is 6.03 Å². The highest BCUT2D eigenvalue weighted by atomic mass is 16.2. The van der Waals surface area contributed by atoms with Crippen LogP contribution in [-0.4, -0.2) is 95.2 Å². The fraction of sp³-hybridized carbons (Fsp3) is 0.387. The van der Waals surface area contributed by atoms with Crippen LogP contribution in [0.1, 0.15) is 24.3 Å². The van der Waals surface area contributed by atoms with E-state index in [1.54, 1.807) is 11.1 Å². The van der Waals surface area contributed by atoms with Gasteiger partial charge in [0.05, 0.1) is 11.7 Å². The van der Waals surface area contributed by atoms with Gasteiger partial charge in [0, 0.05) is 87.1 Å². The van der Waals surface area contributed by atoms with E-state index in [1.807, 2.05) is 24.5 Å². The van der Waals surface area contributed by atoms with Gasteiger partial charge in [-0.05, 0) is 61.7 Å². The Morgan fingerprint density at radius 2 is 1.71 bits per heavy atom. The number of hydrogen-bond donors (Lipinski definition) is 2. The van der Waals surface area contributed by atoms with Crippen LogP contribution < -0.4 is 20.9 Å². The number of nitrogens with one attached hydrogen (secondary N) is 1. The van der Waals surface area contributed by atoms with Crippen molar-refractivity contribution in [2.45, 2.75) is 18.8 Å². The van der Waals surface area contributed by atoms with Gasteiger partial charge in [-0.15, -0.1) is 0 Å². The number of nitrogens with two attached hydrogens (primary N) is 1. The highest BCUT2D eigenvalue weighted by Crippen LogP contribution is 2.45. The molecule has 1 aliphatic carbocycles. The summed E-state index contributed by atoms with van der Waals surface area (Å²) < 4.78 is 0. The summed E-state index contributed by atoms with van der Waals surface area (Å²) in [5.41, 5.74) is 10.7. The van der Waals surface area contributed by atoms with Crippen molar-refractivity contribution < 1.29 is 4.79 Å². The highest BCUT2D eigenvalue weighted by molar-refractivity contribution is 5.94. The fourth-order valence-electron chi connectivity index (χ4n) is 5.92. The Morgan fingerprint density at radius 3 is 2.48 bits per heavy atom. The number of primary amides is 1. The second-order valence-electron chi connectivity index (χ2n) is 11.5. The molecule has 0 spiro atoms. The molecule has 0 bridgehead atoms. The summed E-state index contributed by atoms with van der Waals surface area (Å²) in [6, 6.07) is 12.1. The minimum absolute atomic E-state index is 0.378. The highest BCUT2D eigenvalue weighted by Gasteiger charge is 2.30. The monoisotopic (exact) mass is 564 g/mol. The minimum atomic E-state index is -0.378. The van der Waals surface area contributed by atoms with Crippen molar-refractivity contribution >= 4 is 39.9 Å². The van der Waals surface area contributed by atoms with Crippen molar-refractivity contribution in [3.8, 4) is 11.4 Å². The molecule has 1 saturated carbocycles. The summed E-state index contributed by atoms with van der Waals surface area (Å²) in [5, 5.41) is 4.56. The summed E-state index contributed by atoms with van der Waals surface area (Å²) >= 11 is 0. The van der Waals surface area contributed by atoms with Crippen LogP contribution in [0.2, 0.25) is 0 Å². The molecule has 2 aliphatic heterocycles. The Morgan fingerprint density at radius 1 is 0.929 bits per heavy atom. The molecule has 42 heavy (non-hydrogen) atoms. The number of amides is 2. The van der Waals surface area contributed by atoms with Crippen molar-refractivity contribution in [3.63, 3.8) is 0 Å². The largest absolute Gasteiger partial charge is 0.369 e. The lowest BCUT2D eigenvalue weighted by atomic mass is 10.1. The van der Waals surface area contributed by atoms with Gasteiger partial charge < -0.3 is 30.7 Å². The first kappa shape index (κ1) is 26.4. The molecule has 7 rings (SSSR count). The Hall–Kier alpha value is -4.51. The first-order valence-electron chi connectivity index (χ1n) is 14.7. The standard InChI is InChI=1S/C31H36N10O/c1-38-9-11-39(12-10-38)24-4-2-3-23(18-24)35-27-17-22(7-8-34-27)29-36-26-20-33-19-25(21-5-6-21)28(26)30(37-29)40-13-15-41(16-14-40)31(32)42/h2-4,7-8,17-21H,5-6,9-16H2,1H3,(H2,32,42)(H,34,35). The number of carbonyl (C=O) groups is 1. The van der Waals surface area contributed by atoms with E-state index < -0.39 is 0 Å². The maximum atomic E-state index is 11.8. The van der Waals surface area contributed by atoms with Crippen molar-refractivity contribution in [3.05, 3.63) is 60.6 Å². The van der Waals surface area contributed by atoms with E-state index in [-0.39, 0.29) is 6.03 Å². The predicted molar refractivity (Wildman–Crippen MR) is 165 cm³/mol. The van der Waals surface area contributed by atoms with Crippen LogP contribution in [0.3, 0.4) is 0 Å². The third kappa shape index (κ3) is 5.39. The van der Waals surface area contributed by atoms with Gasteiger partial charge in [-0.1, -0.05) is 6.07 Å². The lowest BCUT2D eigenvalue weighted by molar-refractivity contribution is 0.204. The number of hydrogen-bond acceptors (Lipinski definition) is 9. The van der Waals surface area contributed by atoms with Gasteiger partial charge in [0.25, 0.3) is 0 Å². The summed E-state index contributed by atoms with van der Waals surface area (Å²) in [5.74, 6) is 2.75. The molecule has 0 atom stereocenters. The van der Waals surface area contributed by atoms with Crippen molar-refractivity contribution in [2.75, 3.05) is 74.5 Å². The number of aromatic nitrogens is 4. The number of fused-ring (bicyclic) bond motifs is 1. The number of pyridine rings is 2. The molecule has 11 heteroatoms. The number of urea groups is 1. The summed E-state index contributed by atoms with van der Waals surface area (Å²) in [7, 11) is 2.17. The second kappa shape index (κ2) is 11.1. The van der Waals surface area contributed by atoms with Gasteiger partial charge in [-0.25, -0.2) is 19.7 Å². The van der Waals surface area contributed by atoms with Crippen LogP contribution in [-0.2, 0) is 0 Å². The number of carbonyl (C=O) groups excluding carboxylic acids is 1. The molecule has 4 aromatic rings. The third-order valence-corrected chi connectivity index (χ3v) is 8.53. The van der Waals surface area contributed by atoms with E-state index in [1.165, 1.54) is 11.3 Å². The summed E-state index contributed by atoms with van der Waals surface area (Å²) in [6.07, 6.45) is 7.91. The molecular weight excluding hydrogens is 528 g/mol. The molecule has 3 aliphatic rings. The summed E-state index contributed by atoms with van der Waals surface area (Å²) in [4.78, 5) is 39.8. The molecule has 3 fully saturated rings. The smallest absolute Gasteiger partial charge is 0.314 e. The number of nitrogens with zero attached hydrogens (tertiary/aromatic N) is 8. The second-order valence-corrected chi connectivity index (χ2v) is 11.5. The van der Waals surface area contributed by atoms with E-state index in [9.17, 15) is 4.79 Å². The zero-order valence-electron chi connectivity index (χ0n) is 23.9. The van der Waals surface area contributed by atoms with Crippen LogP contribution in [0, 0.1) is 0 Å². The molecule has 0 radical (unpaired) electrons. The maximum absolute atomic E-state index is 11.8. The molecule has 3 N–H and O–H groups in total. The van der Waals surface area contributed by atoms with Crippen molar-refractivity contribution in [2.24, 2.45) is 5.73 Å².